The first kappa shape index (κ1) is 18.5. The van der Waals surface area contributed by atoms with Crippen LogP contribution in [-0.2, 0) is 0 Å². The van der Waals surface area contributed by atoms with Gasteiger partial charge in [-0.3, -0.25) is 4.79 Å². The monoisotopic (exact) mass is 350 g/mol. The van der Waals surface area contributed by atoms with Gasteiger partial charge in [0.2, 0.25) is 0 Å². The lowest BCUT2D eigenvalue weighted by Gasteiger charge is -2.33. The Balaban J connectivity index is 1.67. The minimum Gasteiger partial charge on any atom is -0.371 e. The van der Waals surface area contributed by atoms with Crippen LogP contribution >= 0.6 is 0 Å². The van der Waals surface area contributed by atoms with E-state index in [-0.39, 0.29) is 11.9 Å². The van der Waals surface area contributed by atoms with Gasteiger partial charge in [0.25, 0.3) is 5.91 Å². The van der Waals surface area contributed by atoms with Crippen molar-refractivity contribution in [3.63, 3.8) is 0 Å². The quantitative estimate of drug-likeness (QED) is 0.839. The molecule has 1 aliphatic heterocycles. The summed E-state index contributed by atoms with van der Waals surface area (Å²) in [6, 6.07) is 14.6. The molecule has 26 heavy (non-hydrogen) atoms. The molecule has 0 aliphatic carbocycles. The van der Waals surface area contributed by atoms with Gasteiger partial charge in [0, 0.05) is 24.3 Å². The fourth-order valence-electron chi connectivity index (χ4n) is 3.74. The van der Waals surface area contributed by atoms with E-state index in [1.165, 1.54) is 18.5 Å². The van der Waals surface area contributed by atoms with E-state index in [0.29, 0.717) is 0 Å². The van der Waals surface area contributed by atoms with Crippen LogP contribution in [0.1, 0.15) is 59.8 Å². The van der Waals surface area contributed by atoms with Crippen molar-refractivity contribution >= 4 is 11.6 Å². The molecule has 138 valence electrons. The molecule has 0 aromatic heterocycles. The second-order valence-electron chi connectivity index (χ2n) is 7.80. The van der Waals surface area contributed by atoms with Crippen molar-refractivity contribution in [2.45, 2.75) is 46.6 Å². The molecular weight excluding hydrogens is 320 g/mol. The summed E-state index contributed by atoms with van der Waals surface area (Å²) in [5, 5.41) is 3.13. The molecule has 0 radical (unpaired) electrons. The van der Waals surface area contributed by atoms with Crippen LogP contribution in [-0.4, -0.2) is 19.0 Å². The van der Waals surface area contributed by atoms with Crippen LogP contribution in [0, 0.1) is 19.8 Å². The molecule has 3 nitrogen and oxygen atoms in total. The molecule has 1 N–H and O–H groups in total. The van der Waals surface area contributed by atoms with Gasteiger partial charge in [-0.1, -0.05) is 36.8 Å². The summed E-state index contributed by atoms with van der Waals surface area (Å²) in [4.78, 5) is 15.1. The number of hydrogen-bond acceptors (Lipinski definition) is 2. The van der Waals surface area contributed by atoms with Crippen molar-refractivity contribution < 1.29 is 4.79 Å². The molecule has 1 amide bonds. The van der Waals surface area contributed by atoms with Crippen LogP contribution in [0.15, 0.2) is 42.5 Å². The SMILES string of the molecule is Cc1ccc(C)c(C(=O)N[C@H](C)c2ccc(N3CCC[C@H](C)C3)cc2)c1. The number of piperidine rings is 1. The molecule has 0 bridgehead atoms. The van der Waals surface area contributed by atoms with Crippen molar-refractivity contribution in [3.05, 3.63) is 64.7 Å². The fourth-order valence-corrected chi connectivity index (χ4v) is 3.74. The highest BCUT2D eigenvalue weighted by Crippen LogP contribution is 2.25. The predicted octanol–water partition coefficient (Wildman–Crippen LogP) is 5.03. The lowest BCUT2D eigenvalue weighted by molar-refractivity contribution is 0.0939. The summed E-state index contributed by atoms with van der Waals surface area (Å²) < 4.78 is 0. The Hall–Kier alpha value is -2.29. The summed E-state index contributed by atoms with van der Waals surface area (Å²) in [7, 11) is 0. The first-order chi connectivity index (χ1) is 12.4. The van der Waals surface area contributed by atoms with Crippen LogP contribution in [0.2, 0.25) is 0 Å². The molecule has 1 heterocycles. The molecule has 0 unspecified atom stereocenters. The van der Waals surface area contributed by atoms with Gasteiger partial charge in [0.1, 0.15) is 0 Å². The third-order valence-electron chi connectivity index (χ3n) is 5.40. The second-order valence-corrected chi connectivity index (χ2v) is 7.80. The number of aryl methyl sites for hydroxylation is 2. The number of nitrogens with one attached hydrogen (secondary N) is 1. The molecule has 1 aliphatic rings. The first-order valence-electron chi connectivity index (χ1n) is 9.67. The van der Waals surface area contributed by atoms with Crippen LogP contribution in [0.3, 0.4) is 0 Å². The van der Waals surface area contributed by atoms with Gasteiger partial charge in [0.15, 0.2) is 0 Å². The van der Waals surface area contributed by atoms with Crippen molar-refractivity contribution in [2.24, 2.45) is 5.92 Å². The van der Waals surface area contributed by atoms with Crippen LogP contribution < -0.4 is 10.2 Å². The summed E-state index contributed by atoms with van der Waals surface area (Å²) >= 11 is 0. The fraction of sp³-hybridized carbons (Fsp3) is 0.435. The molecule has 3 heteroatoms. The highest BCUT2D eigenvalue weighted by atomic mass is 16.1. The lowest BCUT2D eigenvalue weighted by atomic mass is 9.99. The first-order valence-corrected chi connectivity index (χ1v) is 9.67. The number of carbonyl (C=O) groups is 1. The van der Waals surface area contributed by atoms with E-state index in [0.717, 1.165) is 41.3 Å². The number of carbonyl (C=O) groups excluding carboxylic acids is 1. The van der Waals surface area contributed by atoms with Crippen molar-refractivity contribution in [1.29, 1.82) is 0 Å². The summed E-state index contributed by atoms with van der Waals surface area (Å²) in [6.07, 6.45) is 2.60. The van der Waals surface area contributed by atoms with Gasteiger partial charge in [0.05, 0.1) is 6.04 Å². The molecule has 2 atom stereocenters. The third kappa shape index (κ3) is 4.27. The van der Waals surface area contributed by atoms with E-state index in [1.54, 1.807) is 0 Å². The Labute approximate surface area is 157 Å². The molecule has 1 saturated heterocycles. The van der Waals surface area contributed by atoms with Crippen LogP contribution in [0.4, 0.5) is 5.69 Å². The van der Waals surface area contributed by atoms with E-state index in [9.17, 15) is 4.79 Å². The second kappa shape index (κ2) is 7.94. The number of hydrogen-bond donors (Lipinski definition) is 1. The van der Waals surface area contributed by atoms with Gasteiger partial charge in [-0.25, -0.2) is 0 Å². The highest BCUT2D eigenvalue weighted by molar-refractivity contribution is 5.96. The van der Waals surface area contributed by atoms with E-state index >= 15 is 0 Å². The van der Waals surface area contributed by atoms with E-state index in [4.69, 9.17) is 0 Å². The average Bonchev–Trinajstić information content (AvgIpc) is 2.63. The smallest absolute Gasteiger partial charge is 0.252 e. The molecule has 0 spiro atoms. The van der Waals surface area contributed by atoms with Gasteiger partial charge in [-0.2, -0.15) is 0 Å². The maximum atomic E-state index is 12.6. The minimum absolute atomic E-state index is 0.00682. The minimum atomic E-state index is -0.0169. The zero-order valence-corrected chi connectivity index (χ0v) is 16.4. The Morgan fingerprint density at radius 2 is 1.88 bits per heavy atom. The Bertz CT molecular complexity index is 766. The summed E-state index contributed by atoms with van der Waals surface area (Å²) in [6.45, 7) is 10.6. The summed E-state index contributed by atoms with van der Waals surface area (Å²) in [5.41, 5.74) is 5.30. The highest BCUT2D eigenvalue weighted by Gasteiger charge is 2.17. The average molecular weight is 351 g/mol. The lowest BCUT2D eigenvalue weighted by Crippen LogP contribution is -2.34. The van der Waals surface area contributed by atoms with Crippen molar-refractivity contribution in [1.82, 2.24) is 5.32 Å². The molecule has 2 aromatic rings. The zero-order valence-electron chi connectivity index (χ0n) is 16.4. The zero-order chi connectivity index (χ0) is 18.7. The van der Waals surface area contributed by atoms with Gasteiger partial charge in [-0.15, -0.1) is 0 Å². The van der Waals surface area contributed by atoms with E-state index < -0.39 is 0 Å². The molecule has 2 aromatic carbocycles. The maximum absolute atomic E-state index is 12.6. The number of benzene rings is 2. The van der Waals surface area contributed by atoms with E-state index in [1.807, 2.05) is 39.0 Å². The topological polar surface area (TPSA) is 32.3 Å². The molecule has 3 rings (SSSR count). The van der Waals surface area contributed by atoms with Gasteiger partial charge < -0.3 is 10.2 Å². The molecule has 0 saturated carbocycles. The van der Waals surface area contributed by atoms with Crippen molar-refractivity contribution in [2.75, 3.05) is 18.0 Å². The number of rotatable bonds is 4. The largest absolute Gasteiger partial charge is 0.371 e. The Morgan fingerprint density at radius 1 is 1.15 bits per heavy atom. The predicted molar refractivity (Wildman–Crippen MR) is 109 cm³/mol. The van der Waals surface area contributed by atoms with Gasteiger partial charge in [-0.05, 0) is 68.9 Å². The molecular formula is C23H30N2O. The number of amides is 1. The number of nitrogens with zero attached hydrogens (tertiary/aromatic N) is 1. The normalized spacial score (nSPS) is 18.5. The van der Waals surface area contributed by atoms with Gasteiger partial charge >= 0.3 is 0 Å². The van der Waals surface area contributed by atoms with Crippen LogP contribution in [0.25, 0.3) is 0 Å². The van der Waals surface area contributed by atoms with Crippen molar-refractivity contribution in [3.8, 4) is 0 Å². The maximum Gasteiger partial charge on any atom is 0.252 e. The van der Waals surface area contributed by atoms with E-state index in [2.05, 4.69) is 41.4 Å². The Kier molecular flexibility index (Phi) is 5.65. The molecule has 1 fully saturated rings. The Morgan fingerprint density at radius 3 is 2.58 bits per heavy atom. The number of anilines is 1. The third-order valence-corrected chi connectivity index (χ3v) is 5.40. The standard InChI is InChI=1S/C23H30N2O/c1-16-7-8-18(3)22(14-16)23(26)24-19(4)20-9-11-21(12-10-20)25-13-5-6-17(2)15-25/h7-12,14,17,19H,5-6,13,15H2,1-4H3,(H,24,26)/t17-,19+/m0/s1. The van der Waals surface area contributed by atoms with Crippen LogP contribution in [0.5, 0.6) is 0 Å². The summed E-state index contributed by atoms with van der Waals surface area (Å²) in [5.74, 6) is 0.756.